The van der Waals surface area contributed by atoms with Crippen LogP contribution in [-0.4, -0.2) is 42.2 Å². The first-order chi connectivity index (χ1) is 16.6. The fraction of sp³-hybridized carbons (Fsp3) is 0.519. The molecule has 0 spiro atoms. The summed E-state index contributed by atoms with van der Waals surface area (Å²) in [7, 11) is 0. The second-order valence-corrected chi connectivity index (χ2v) is 9.73. The van der Waals surface area contributed by atoms with Gasteiger partial charge in [0.05, 0.1) is 25.4 Å². The normalized spacial score (nSPS) is 27.4. The van der Waals surface area contributed by atoms with E-state index in [1.807, 2.05) is 38.1 Å². The number of nitrogens with one attached hydrogen (secondary N) is 1. The van der Waals surface area contributed by atoms with E-state index in [0.29, 0.717) is 6.54 Å². The number of hydrogen-bond donors (Lipinski definition) is 1. The maximum Gasteiger partial charge on any atom is 0.252 e. The van der Waals surface area contributed by atoms with E-state index in [1.165, 1.54) is 18.2 Å². The molecule has 0 aromatic heterocycles. The third-order valence-corrected chi connectivity index (χ3v) is 6.50. The van der Waals surface area contributed by atoms with Gasteiger partial charge in [-0.2, -0.15) is 0 Å². The quantitative estimate of drug-likeness (QED) is 0.589. The van der Waals surface area contributed by atoms with Crippen LogP contribution >= 0.6 is 0 Å². The lowest BCUT2D eigenvalue weighted by Gasteiger charge is -2.43. The molecule has 1 saturated carbocycles. The number of ether oxygens (including phenoxy) is 4. The van der Waals surface area contributed by atoms with E-state index in [1.54, 1.807) is 13.8 Å². The third kappa shape index (κ3) is 5.72. The number of likely N-dealkylation sites (N-methyl/N-ethyl adjacent to an activating group) is 1. The van der Waals surface area contributed by atoms with Gasteiger partial charge in [0, 0.05) is 24.9 Å². The van der Waals surface area contributed by atoms with Crippen molar-refractivity contribution in [1.82, 2.24) is 5.32 Å². The van der Waals surface area contributed by atoms with Crippen LogP contribution in [0.3, 0.4) is 0 Å². The Morgan fingerprint density at radius 1 is 1.09 bits per heavy atom. The van der Waals surface area contributed by atoms with Crippen molar-refractivity contribution in [3.05, 3.63) is 70.8 Å². The molecule has 190 valence electrons. The smallest absolute Gasteiger partial charge is 0.252 e. The van der Waals surface area contributed by atoms with Crippen LogP contribution in [0.5, 0.6) is 0 Å². The number of benzene rings is 2. The number of carbonyl (C=O) groups is 1. The van der Waals surface area contributed by atoms with Crippen LogP contribution < -0.4 is 5.32 Å². The molecule has 4 atom stereocenters. The Hall–Kier alpha value is -2.39. The van der Waals surface area contributed by atoms with E-state index in [2.05, 4.69) is 5.32 Å². The van der Waals surface area contributed by atoms with E-state index in [9.17, 15) is 13.6 Å². The highest BCUT2D eigenvalue weighted by Crippen LogP contribution is 2.44. The third-order valence-electron chi connectivity index (χ3n) is 6.50. The Balaban J connectivity index is 1.62. The molecule has 1 heterocycles. The Kier molecular flexibility index (Phi) is 7.57. The molecule has 1 N–H and O–H groups in total. The first kappa shape index (κ1) is 25.7. The van der Waals surface area contributed by atoms with Crippen LogP contribution in [-0.2, 0) is 37.0 Å². The molecule has 1 saturated heterocycles. The van der Waals surface area contributed by atoms with Gasteiger partial charge in [-0.05, 0) is 45.4 Å². The summed E-state index contributed by atoms with van der Waals surface area (Å²) in [5.41, 5.74) is 0.593. The molecule has 2 aromatic rings. The molecule has 2 aromatic carbocycles. The molecule has 1 amide bonds. The van der Waals surface area contributed by atoms with Gasteiger partial charge < -0.3 is 24.3 Å². The second kappa shape index (κ2) is 10.3. The highest BCUT2D eigenvalue weighted by Gasteiger charge is 2.58. The van der Waals surface area contributed by atoms with Gasteiger partial charge in [-0.3, -0.25) is 4.79 Å². The second-order valence-electron chi connectivity index (χ2n) is 9.73. The highest BCUT2D eigenvalue weighted by molar-refractivity contribution is 5.85. The number of halogens is 2. The van der Waals surface area contributed by atoms with Gasteiger partial charge in [-0.25, -0.2) is 8.78 Å². The van der Waals surface area contributed by atoms with Crippen LogP contribution in [0.2, 0.25) is 0 Å². The summed E-state index contributed by atoms with van der Waals surface area (Å²) >= 11 is 0. The van der Waals surface area contributed by atoms with E-state index >= 15 is 0 Å². The zero-order chi connectivity index (χ0) is 25.2. The predicted molar refractivity (Wildman–Crippen MR) is 125 cm³/mol. The van der Waals surface area contributed by atoms with Gasteiger partial charge in [0.25, 0.3) is 5.91 Å². The number of hydrogen-bond acceptors (Lipinski definition) is 5. The molecule has 35 heavy (non-hydrogen) atoms. The monoisotopic (exact) mass is 489 g/mol. The minimum Gasteiger partial charge on any atom is -0.370 e. The van der Waals surface area contributed by atoms with Gasteiger partial charge in [0.2, 0.25) is 0 Å². The number of rotatable bonds is 8. The van der Waals surface area contributed by atoms with E-state index in [-0.39, 0.29) is 37.5 Å². The van der Waals surface area contributed by atoms with Gasteiger partial charge >= 0.3 is 0 Å². The van der Waals surface area contributed by atoms with E-state index in [4.69, 9.17) is 18.9 Å². The van der Waals surface area contributed by atoms with Crippen LogP contribution in [0.25, 0.3) is 0 Å². The van der Waals surface area contributed by atoms with Crippen molar-refractivity contribution in [1.29, 1.82) is 0 Å². The minimum absolute atomic E-state index is 0.154. The number of fused-ring (bicyclic) bond motifs is 1. The summed E-state index contributed by atoms with van der Waals surface area (Å²) < 4.78 is 53.1. The van der Waals surface area contributed by atoms with Crippen LogP contribution in [0, 0.1) is 18.6 Å². The molecule has 6 nitrogen and oxygen atoms in total. The average molecular weight is 490 g/mol. The molecule has 0 bridgehead atoms. The molecular weight excluding hydrogens is 456 g/mol. The minimum atomic E-state index is -1.26. The number of amides is 1. The van der Waals surface area contributed by atoms with Crippen molar-refractivity contribution >= 4 is 5.91 Å². The zero-order valence-electron chi connectivity index (χ0n) is 20.6. The summed E-state index contributed by atoms with van der Waals surface area (Å²) in [5.74, 6) is -2.54. The van der Waals surface area contributed by atoms with Crippen LogP contribution in [0.1, 0.15) is 50.3 Å². The molecular formula is C27H33F2NO5. The average Bonchev–Trinajstić information content (AvgIpc) is 3.11. The molecule has 0 radical (unpaired) electrons. The van der Waals surface area contributed by atoms with Gasteiger partial charge in [0.1, 0.15) is 17.7 Å². The Bertz CT molecular complexity index is 1040. The Labute approximate surface area is 204 Å². The van der Waals surface area contributed by atoms with Crippen molar-refractivity contribution in [2.45, 2.75) is 83.5 Å². The topological polar surface area (TPSA) is 66.0 Å². The zero-order valence-corrected chi connectivity index (χ0v) is 20.6. The van der Waals surface area contributed by atoms with E-state index in [0.717, 1.165) is 11.1 Å². The first-order valence-electron chi connectivity index (χ1n) is 12.0. The van der Waals surface area contributed by atoms with Crippen molar-refractivity contribution in [2.75, 3.05) is 6.54 Å². The Morgan fingerprint density at radius 3 is 2.49 bits per heavy atom. The summed E-state index contributed by atoms with van der Waals surface area (Å²) in [5, 5.41) is 2.88. The fourth-order valence-corrected chi connectivity index (χ4v) is 4.91. The first-order valence-corrected chi connectivity index (χ1v) is 12.0. The molecule has 1 aliphatic heterocycles. The highest BCUT2D eigenvalue weighted by atomic mass is 19.1. The lowest BCUT2D eigenvalue weighted by atomic mass is 9.78. The van der Waals surface area contributed by atoms with Gasteiger partial charge in [-0.1, -0.05) is 35.9 Å². The standard InChI is InChI=1S/C27H33F2NO5/c1-5-30-25(31)27(33-15-18-9-6-8-17(2)12-18)13-22(24-23(14-27)34-26(3,4)35-24)32-16-19-20(28)10-7-11-21(19)29/h6-12,22-24H,5,13-16H2,1-4H3,(H,30,31)/t22?,23-,24+,27-/m1/s1. The van der Waals surface area contributed by atoms with Crippen molar-refractivity contribution < 1.29 is 32.5 Å². The maximum absolute atomic E-state index is 14.3. The van der Waals surface area contributed by atoms with Gasteiger partial charge in [-0.15, -0.1) is 0 Å². The van der Waals surface area contributed by atoms with Gasteiger partial charge in [0.15, 0.2) is 11.4 Å². The van der Waals surface area contributed by atoms with Crippen LogP contribution in [0.15, 0.2) is 42.5 Å². The summed E-state index contributed by atoms with van der Waals surface area (Å²) in [6, 6.07) is 11.6. The fourth-order valence-electron chi connectivity index (χ4n) is 4.91. The molecule has 2 fully saturated rings. The van der Waals surface area contributed by atoms with Crippen molar-refractivity contribution in [2.24, 2.45) is 0 Å². The number of carbonyl (C=O) groups excluding carboxylic acids is 1. The van der Waals surface area contributed by atoms with Crippen molar-refractivity contribution in [3.8, 4) is 0 Å². The lowest BCUT2D eigenvalue weighted by molar-refractivity contribution is -0.183. The van der Waals surface area contributed by atoms with Crippen LogP contribution in [0.4, 0.5) is 8.78 Å². The molecule has 1 unspecified atom stereocenters. The summed E-state index contributed by atoms with van der Waals surface area (Å²) in [6.07, 6.45) is -1.26. The number of aryl methyl sites for hydroxylation is 1. The summed E-state index contributed by atoms with van der Waals surface area (Å²) in [6.45, 7) is 7.75. The molecule has 2 aliphatic rings. The molecule has 8 heteroatoms. The largest absolute Gasteiger partial charge is 0.370 e. The SMILES string of the molecule is CCNC(=O)[C@@]1(OCc2cccc(C)c2)CC(OCc2c(F)cccc2F)[C@@H]2OC(C)(C)O[C@@H]2C1. The lowest BCUT2D eigenvalue weighted by Crippen LogP contribution is -2.60. The molecule has 4 rings (SSSR count). The Morgan fingerprint density at radius 2 is 1.80 bits per heavy atom. The van der Waals surface area contributed by atoms with Crippen molar-refractivity contribution in [3.63, 3.8) is 0 Å². The molecule has 1 aliphatic carbocycles. The maximum atomic E-state index is 14.3. The predicted octanol–water partition coefficient (Wildman–Crippen LogP) is 4.56. The van der Waals surface area contributed by atoms with E-state index < -0.39 is 41.3 Å². The summed E-state index contributed by atoms with van der Waals surface area (Å²) in [4.78, 5) is 13.4.